The summed E-state index contributed by atoms with van der Waals surface area (Å²) in [6.45, 7) is 1.97. The summed E-state index contributed by atoms with van der Waals surface area (Å²) in [7, 11) is 1.59. The molecule has 7 nitrogen and oxygen atoms in total. The fourth-order valence-corrected chi connectivity index (χ4v) is 5.07. The summed E-state index contributed by atoms with van der Waals surface area (Å²) in [6, 6.07) is 11.2. The van der Waals surface area contributed by atoms with Crippen LogP contribution in [-0.4, -0.2) is 35.6 Å². The molecule has 2 aromatic rings. The summed E-state index contributed by atoms with van der Waals surface area (Å²) in [5.41, 5.74) is 2.60. The largest absolute Gasteiger partial charge is 0.494 e. The van der Waals surface area contributed by atoms with Crippen LogP contribution in [0.5, 0.6) is 5.75 Å². The molecule has 0 unspecified atom stereocenters. The summed E-state index contributed by atoms with van der Waals surface area (Å²) >= 11 is 8.04. The van der Waals surface area contributed by atoms with E-state index in [9.17, 15) is 9.59 Å². The zero-order chi connectivity index (χ0) is 21.7. The maximum Gasteiger partial charge on any atom is 0.240 e. The molecule has 1 aliphatic heterocycles. The van der Waals surface area contributed by atoms with Gasteiger partial charge in [0.1, 0.15) is 11.0 Å². The number of hydrogen-bond donors (Lipinski definition) is 2. The minimum absolute atomic E-state index is 0.0471. The number of aryl methyl sites for hydroxylation is 1. The molecule has 30 heavy (non-hydrogen) atoms. The van der Waals surface area contributed by atoms with Crippen molar-refractivity contribution in [3.63, 3.8) is 0 Å². The predicted molar refractivity (Wildman–Crippen MR) is 127 cm³/mol. The molecule has 2 aromatic carbocycles. The molecular weight excluding hydrogens is 536 g/mol. The van der Waals surface area contributed by atoms with Crippen molar-refractivity contribution in [2.45, 2.75) is 18.6 Å². The summed E-state index contributed by atoms with van der Waals surface area (Å²) in [5, 5.41) is 13.3. The molecule has 0 aliphatic carbocycles. The van der Waals surface area contributed by atoms with Gasteiger partial charge in [-0.1, -0.05) is 29.5 Å². The summed E-state index contributed by atoms with van der Waals surface area (Å²) in [4.78, 5) is 24.4. The molecule has 156 valence electrons. The SMILES string of the molecule is COc1c(Br)cc(/C=N\N=C2\NC(=O)[C@@H](CC(=O)Nc3ccc(C)cc3)S2)cc1Br. The summed E-state index contributed by atoms with van der Waals surface area (Å²) in [6.07, 6.45) is 1.61. The molecule has 0 aromatic heterocycles. The number of methoxy groups -OCH3 is 1. The number of nitrogens with zero attached hydrogens (tertiary/aromatic N) is 2. The molecule has 1 atom stereocenters. The van der Waals surface area contributed by atoms with E-state index in [0.29, 0.717) is 16.6 Å². The zero-order valence-corrected chi connectivity index (χ0v) is 20.1. The molecule has 2 N–H and O–H groups in total. The van der Waals surface area contributed by atoms with E-state index >= 15 is 0 Å². The number of nitrogens with one attached hydrogen (secondary N) is 2. The van der Waals surface area contributed by atoms with Crippen molar-refractivity contribution in [3.05, 3.63) is 56.5 Å². The van der Waals surface area contributed by atoms with Crippen molar-refractivity contribution in [1.29, 1.82) is 0 Å². The number of carbonyl (C=O) groups is 2. The number of hydrogen-bond acceptors (Lipinski definition) is 6. The van der Waals surface area contributed by atoms with Crippen LogP contribution in [0.15, 0.2) is 55.5 Å². The van der Waals surface area contributed by atoms with E-state index in [2.05, 4.69) is 52.7 Å². The second kappa shape index (κ2) is 10.2. The van der Waals surface area contributed by atoms with Gasteiger partial charge in [-0.3, -0.25) is 9.59 Å². The highest BCUT2D eigenvalue weighted by atomic mass is 79.9. The highest BCUT2D eigenvalue weighted by Gasteiger charge is 2.32. The molecule has 0 saturated carbocycles. The van der Waals surface area contributed by atoms with Crippen LogP contribution in [0.2, 0.25) is 0 Å². The average molecular weight is 554 g/mol. The van der Waals surface area contributed by atoms with Gasteiger partial charge in [-0.2, -0.15) is 5.10 Å². The number of ether oxygens (including phenoxy) is 1. The number of halogens is 2. The molecular formula is C20H18Br2N4O3S. The number of thioether (sulfide) groups is 1. The smallest absolute Gasteiger partial charge is 0.240 e. The Hall–Kier alpha value is -2.17. The van der Waals surface area contributed by atoms with Crippen molar-refractivity contribution >= 4 is 72.5 Å². The van der Waals surface area contributed by atoms with Crippen LogP contribution in [0.25, 0.3) is 0 Å². The molecule has 0 spiro atoms. The van der Waals surface area contributed by atoms with Crippen LogP contribution in [0, 0.1) is 6.92 Å². The Morgan fingerprint density at radius 2 is 1.93 bits per heavy atom. The van der Waals surface area contributed by atoms with Crippen molar-refractivity contribution < 1.29 is 14.3 Å². The van der Waals surface area contributed by atoms with Crippen molar-refractivity contribution in [3.8, 4) is 5.75 Å². The number of amides is 2. The second-order valence-electron chi connectivity index (χ2n) is 6.38. The van der Waals surface area contributed by atoms with E-state index < -0.39 is 5.25 Å². The van der Waals surface area contributed by atoms with E-state index in [4.69, 9.17) is 4.74 Å². The lowest BCUT2D eigenvalue weighted by molar-refractivity contribution is -0.122. The van der Waals surface area contributed by atoms with Gasteiger partial charge in [0.05, 0.1) is 22.3 Å². The van der Waals surface area contributed by atoms with Crippen molar-refractivity contribution in [2.75, 3.05) is 12.4 Å². The van der Waals surface area contributed by atoms with Crippen LogP contribution >= 0.6 is 43.6 Å². The van der Waals surface area contributed by atoms with E-state index in [-0.39, 0.29) is 18.2 Å². The predicted octanol–water partition coefficient (Wildman–Crippen LogP) is 4.48. The summed E-state index contributed by atoms with van der Waals surface area (Å²) < 4.78 is 6.81. The minimum atomic E-state index is -0.548. The topological polar surface area (TPSA) is 92.2 Å². The average Bonchev–Trinajstić information content (AvgIpc) is 3.02. The first kappa shape index (κ1) is 22.5. The van der Waals surface area contributed by atoms with E-state index in [1.807, 2.05) is 43.3 Å². The van der Waals surface area contributed by atoms with E-state index in [1.165, 1.54) is 11.8 Å². The summed E-state index contributed by atoms with van der Waals surface area (Å²) in [5.74, 6) is 0.191. The lowest BCUT2D eigenvalue weighted by atomic mass is 10.2. The number of carbonyl (C=O) groups excluding carboxylic acids is 2. The highest BCUT2D eigenvalue weighted by Crippen LogP contribution is 2.34. The number of amidine groups is 1. The molecule has 1 saturated heterocycles. The first-order chi connectivity index (χ1) is 14.4. The minimum Gasteiger partial charge on any atom is -0.494 e. The molecule has 3 rings (SSSR count). The Morgan fingerprint density at radius 3 is 2.57 bits per heavy atom. The van der Waals surface area contributed by atoms with Gasteiger partial charge in [0.15, 0.2) is 5.17 Å². The van der Waals surface area contributed by atoms with E-state index in [0.717, 1.165) is 20.1 Å². The molecule has 0 radical (unpaired) electrons. The van der Waals surface area contributed by atoms with Gasteiger partial charge >= 0.3 is 0 Å². The lowest BCUT2D eigenvalue weighted by Gasteiger charge is -2.07. The van der Waals surface area contributed by atoms with Crippen LogP contribution < -0.4 is 15.4 Å². The van der Waals surface area contributed by atoms with Gasteiger partial charge in [0.2, 0.25) is 11.8 Å². The molecule has 0 bridgehead atoms. The van der Waals surface area contributed by atoms with Crippen LogP contribution in [0.4, 0.5) is 5.69 Å². The Kier molecular flexibility index (Phi) is 7.68. The third-order valence-corrected chi connectivity index (χ3v) is 6.31. The van der Waals surface area contributed by atoms with Crippen molar-refractivity contribution in [2.24, 2.45) is 10.2 Å². The molecule has 1 fully saturated rings. The monoisotopic (exact) mass is 552 g/mol. The Bertz CT molecular complexity index is 1000. The Balaban J connectivity index is 1.58. The molecule has 1 heterocycles. The second-order valence-corrected chi connectivity index (χ2v) is 9.28. The van der Waals surface area contributed by atoms with Gasteiger partial charge in [-0.15, -0.1) is 5.10 Å². The highest BCUT2D eigenvalue weighted by molar-refractivity contribution is 9.11. The normalized spacial score (nSPS) is 17.4. The van der Waals surface area contributed by atoms with Gasteiger partial charge < -0.3 is 15.4 Å². The van der Waals surface area contributed by atoms with E-state index in [1.54, 1.807) is 13.3 Å². The Labute approximate surface area is 195 Å². The third-order valence-electron chi connectivity index (χ3n) is 4.06. The maximum atomic E-state index is 12.2. The van der Waals surface area contributed by atoms with Crippen LogP contribution in [0.1, 0.15) is 17.5 Å². The van der Waals surface area contributed by atoms with Gasteiger partial charge in [0.25, 0.3) is 0 Å². The van der Waals surface area contributed by atoms with Gasteiger partial charge in [0, 0.05) is 12.1 Å². The van der Waals surface area contributed by atoms with Crippen LogP contribution in [0.3, 0.4) is 0 Å². The first-order valence-corrected chi connectivity index (χ1v) is 11.3. The zero-order valence-electron chi connectivity index (χ0n) is 16.1. The van der Waals surface area contributed by atoms with Crippen LogP contribution in [-0.2, 0) is 9.59 Å². The fourth-order valence-electron chi connectivity index (χ4n) is 2.60. The van der Waals surface area contributed by atoms with Crippen molar-refractivity contribution in [1.82, 2.24) is 5.32 Å². The fraction of sp³-hybridized carbons (Fsp3) is 0.200. The first-order valence-electron chi connectivity index (χ1n) is 8.84. The molecule has 1 aliphatic rings. The van der Waals surface area contributed by atoms with Gasteiger partial charge in [-0.25, -0.2) is 0 Å². The number of anilines is 1. The third kappa shape index (κ3) is 5.93. The number of rotatable bonds is 6. The Morgan fingerprint density at radius 1 is 1.27 bits per heavy atom. The molecule has 10 heteroatoms. The number of benzene rings is 2. The molecule has 2 amide bonds. The van der Waals surface area contributed by atoms with Gasteiger partial charge in [-0.05, 0) is 68.6 Å². The maximum absolute atomic E-state index is 12.2. The quantitative estimate of drug-likeness (QED) is 0.407. The standard InChI is InChI=1S/C20H18Br2N4O3S/c1-11-3-5-13(6-4-11)24-17(27)9-16-19(28)25-20(30-16)26-23-10-12-7-14(21)18(29-2)15(22)8-12/h3-8,10,16H,9H2,1-2H3,(H,24,27)(H,25,26,28)/b23-10-/t16-/m1/s1. The lowest BCUT2D eigenvalue weighted by Crippen LogP contribution is -2.28.